The van der Waals surface area contributed by atoms with Crippen molar-refractivity contribution in [1.82, 2.24) is 9.55 Å². The van der Waals surface area contributed by atoms with Gasteiger partial charge in [0.15, 0.2) is 0 Å². The molecule has 1 aliphatic rings. The first-order valence-electron chi connectivity index (χ1n) is 7.73. The number of aromatic amines is 1. The lowest BCUT2D eigenvalue weighted by Gasteiger charge is -2.33. The summed E-state index contributed by atoms with van der Waals surface area (Å²) in [4.78, 5) is 28.3. The zero-order valence-corrected chi connectivity index (χ0v) is 12.8. The van der Waals surface area contributed by atoms with Crippen molar-refractivity contribution in [2.45, 2.75) is 19.3 Å². The minimum Gasteiger partial charge on any atom is -0.358 e. The molecule has 2 aromatic rings. The molecule has 0 saturated carbocycles. The van der Waals surface area contributed by atoms with Crippen molar-refractivity contribution in [3.8, 4) is 0 Å². The smallest absolute Gasteiger partial charge is 0.329 e. The van der Waals surface area contributed by atoms with E-state index in [0.29, 0.717) is 11.7 Å². The molecule has 1 aliphatic heterocycles. The molecule has 0 amide bonds. The molecule has 5 nitrogen and oxygen atoms in total. The van der Waals surface area contributed by atoms with E-state index in [1.807, 2.05) is 6.07 Å². The van der Waals surface area contributed by atoms with Crippen molar-refractivity contribution in [1.29, 1.82) is 0 Å². The summed E-state index contributed by atoms with van der Waals surface area (Å²) >= 11 is 0. The molecule has 0 aliphatic carbocycles. The van der Waals surface area contributed by atoms with Crippen LogP contribution in [0.5, 0.6) is 0 Å². The third-order valence-corrected chi connectivity index (χ3v) is 4.45. The van der Waals surface area contributed by atoms with Crippen LogP contribution in [-0.4, -0.2) is 22.6 Å². The molecule has 5 heteroatoms. The van der Waals surface area contributed by atoms with Crippen molar-refractivity contribution >= 4 is 5.82 Å². The Labute approximate surface area is 129 Å². The van der Waals surface area contributed by atoms with Crippen molar-refractivity contribution in [3.63, 3.8) is 0 Å². The fourth-order valence-corrected chi connectivity index (χ4v) is 3.04. The molecule has 1 saturated heterocycles. The minimum absolute atomic E-state index is 0.259. The van der Waals surface area contributed by atoms with Crippen molar-refractivity contribution in [2.75, 3.05) is 18.0 Å². The highest BCUT2D eigenvalue weighted by Gasteiger charge is 2.20. The van der Waals surface area contributed by atoms with Gasteiger partial charge in [-0.15, -0.1) is 0 Å². The Bertz CT molecular complexity index is 709. The van der Waals surface area contributed by atoms with E-state index in [-0.39, 0.29) is 11.2 Å². The summed E-state index contributed by atoms with van der Waals surface area (Å²) in [5.41, 5.74) is 0.766. The number of hydrogen-bond donors (Lipinski definition) is 1. The SMILES string of the molecule is Cn1c(=O)cc(N2CCC(Cc3ccccc3)CC2)[nH]c1=O. The highest BCUT2D eigenvalue weighted by Crippen LogP contribution is 2.23. The number of anilines is 1. The number of benzene rings is 1. The van der Waals surface area contributed by atoms with Crippen LogP contribution in [0.15, 0.2) is 46.0 Å². The minimum atomic E-state index is -0.353. The standard InChI is InChI=1S/C17H21N3O2/c1-19-16(21)12-15(18-17(19)22)20-9-7-14(8-10-20)11-13-5-3-2-4-6-13/h2-6,12,14H,7-11H2,1H3,(H,18,22). The zero-order chi connectivity index (χ0) is 15.5. The van der Waals surface area contributed by atoms with Gasteiger partial charge in [0.05, 0.1) is 0 Å². The van der Waals surface area contributed by atoms with Crippen LogP contribution in [0.25, 0.3) is 0 Å². The van der Waals surface area contributed by atoms with Gasteiger partial charge in [-0.2, -0.15) is 0 Å². The number of H-pyrrole nitrogens is 1. The van der Waals surface area contributed by atoms with Gasteiger partial charge in [0, 0.05) is 26.2 Å². The largest absolute Gasteiger partial charge is 0.358 e. The van der Waals surface area contributed by atoms with E-state index in [4.69, 9.17) is 0 Å². The predicted molar refractivity (Wildman–Crippen MR) is 87.4 cm³/mol. The van der Waals surface area contributed by atoms with E-state index in [0.717, 1.165) is 36.9 Å². The highest BCUT2D eigenvalue weighted by atomic mass is 16.2. The molecule has 0 radical (unpaired) electrons. The van der Waals surface area contributed by atoms with Crippen LogP contribution in [0.2, 0.25) is 0 Å². The quantitative estimate of drug-likeness (QED) is 0.935. The zero-order valence-electron chi connectivity index (χ0n) is 12.8. The number of piperidine rings is 1. The molecule has 3 rings (SSSR count). The molecule has 0 atom stereocenters. The summed E-state index contributed by atoms with van der Waals surface area (Å²) in [5, 5.41) is 0. The van der Waals surface area contributed by atoms with Gasteiger partial charge in [0.2, 0.25) is 0 Å². The van der Waals surface area contributed by atoms with Gasteiger partial charge >= 0.3 is 5.69 Å². The number of hydrogen-bond acceptors (Lipinski definition) is 3. The molecular weight excluding hydrogens is 278 g/mol. The normalized spacial score (nSPS) is 16.0. The van der Waals surface area contributed by atoms with Gasteiger partial charge in [0.25, 0.3) is 5.56 Å². The van der Waals surface area contributed by atoms with Crippen molar-refractivity contribution < 1.29 is 0 Å². The first kappa shape index (κ1) is 14.6. The summed E-state index contributed by atoms with van der Waals surface area (Å²) in [7, 11) is 1.48. The first-order chi connectivity index (χ1) is 10.6. The monoisotopic (exact) mass is 299 g/mol. The van der Waals surface area contributed by atoms with Gasteiger partial charge in [-0.3, -0.25) is 14.3 Å². The number of rotatable bonds is 3. The number of aromatic nitrogens is 2. The molecular formula is C17H21N3O2. The fourth-order valence-electron chi connectivity index (χ4n) is 3.04. The van der Waals surface area contributed by atoms with E-state index < -0.39 is 0 Å². The molecule has 0 spiro atoms. The van der Waals surface area contributed by atoms with Crippen LogP contribution in [0.1, 0.15) is 18.4 Å². The second kappa shape index (κ2) is 6.22. The number of nitrogens with zero attached hydrogens (tertiary/aromatic N) is 2. The van der Waals surface area contributed by atoms with Crippen LogP contribution in [-0.2, 0) is 13.5 Å². The van der Waals surface area contributed by atoms with E-state index in [9.17, 15) is 9.59 Å². The van der Waals surface area contributed by atoms with E-state index in [1.165, 1.54) is 18.7 Å². The molecule has 1 N–H and O–H groups in total. The van der Waals surface area contributed by atoms with Gasteiger partial charge < -0.3 is 4.90 Å². The average molecular weight is 299 g/mol. The molecule has 116 valence electrons. The summed E-state index contributed by atoms with van der Waals surface area (Å²) in [6.45, 7) is 1.75. The predicted octanol–water partition coefficient (Wildman–Crippen LogP) is 1.53. The number of nitrogens with one attached hydrogen (secondary N) is 1. The summed E-state index contributed by atoms with van der Waals surface area (Å²) in [5.74, 6) is 1.31. The lowest BCUT2D eigenvalue weighted by atomic mass is 9.90. The highest BCUT2D eigenvalue weighted by molar-refractivity contribution is 5.37. The average Bonchev–Trinajstić information content (AvgIpc) is 2.54. The molecule has 1 fully saturated rings. The topological polar surface area (TPSA) is 58.1 Å². The Morgan fingerprint density at radius 2 is 1.82 bits per heavy atom. The van der Waals surface area contributed by atoms with E-state index in [2.05, 4.69) is 34.1 Å². The molecule has 1 aromatic heterocycles. The van der Waals surface area contributed by atoms with Crippen LogP contribution in [0.3, 0.4) is 0 Å². The van der Waals surface area contributed by atoms with Crippen LogP contribution in [0, 0.1) is 5.92 Å². The summed E-state index contributed by atoms with van der Waals surface area (Å²) in [6, 6.07) is 12.1. The summed E-state index contributed by atoms with van der Waals surface area (Å²) < 4.78 is 1.09. The second-order valence-corrected chi connectivity index (χ2v) is 5.98. The van der Waals surface area contributed by atoms with Gasteiger partial charge in [-0.25, -0.2) is 4.79 Å². The first-order valence-corrected chi connectivity index (χ1v) is 7.73. The molecule has 0 unspecified atom stereocenters. The third-order valence-electron chi connectivity index (χ3n) is 4.45. The Morgan fingerprint density at radius 1 is 1.14 bits per heavy atom. The molecule has 2 heterocycles. The maximum atomic E-state index is 11.7. The van der Waals surface area contributed by atoms with Crippen LogP contribution in [0.4, 0.5) is 5.82 Å². The van der Waals surface area contributed by atoms with Crippen LogP contribution >= 0.6 is 0 Å². The molecule has 1 aromatic carbocycles. The van der Waals surface area contributed by atoms with Crippen molar-refractivity contribution in [2.24, 2.45) is 13.0 Å². The molecule has 0 bridgehead atoms. The Hall–Kier alpha value is -2.30. The van der Waals surface area contributed by atoms with E-state index >= 15 is 0 Å². The van der Waals surface area contributed by atoms with Gasteiger partial charge in [0.1, 0.15) is 5.82 Å². The maximum absolute atomic E-state index is 11.7. The third kappa shape index (κ3) is 3.13. The maximum Gasteiger partial charge on any atom is 0.329 e. The lowest BCUT2D eigenvalue weighted by Crippen LogP contribution is -2.39. The van der Waals surface area contributed by atoms with Crippen LogP contribution < -0.4 is 16.1 Å². The second-order valence-electron chi connectivity index (χ2n) is 5.98. The molecule has 22 heavy (non-hydrogen) atoms. The van der Waals surface area contributed by atoms with E-state index in [1.54, 1.807) is 0 Å². The van der Waals surface area contributed by atoms with Crippen molar-refractivity contribution in [3.05, 3.63) is 62.8 Å². The Kier molecular flexibility index (Phi) is 4.13. The Balaban J connectivity index is 1.65. The Morgan fingerprint density at radius 3 is 2.45 bits per heavy atom. The summed E-state index contributed by atoms with van der Waals surface area (Å²) in [6.07, 6.45) is 3.25. The van der Waals surface area contributed by atoms with Gasteiger partial charge in [-0.1, -0.05) is 30.3 Å². The lowest BCUT2D eigenvalue weighted by molar-refractivity contribution is 0.402. The van der Waals surface area contributed by atoms with Gasteiger partial charge in [-0.05, 0) is 30.7 Å². The fraction of sp³-hybridized carbons (Fsp3) is 0.412.